The zero-order valence-corrected chi connectivity index (χ0v) is 16.5. The van der Waals surface area contributed by atoms with Crippen molar-refractivity contribution in [3.8, 4) is 0 Å². The van der Waals surface area contributed by atoms with Gasteiger partial charge in [0.05, 0.1) is 6.61 Å². The summed E-state index contributed by atoms with van der Waals surface area (Å²) in [5.74, 6) is 2.78. The maximum absolute atomic E-state index is 8.73. The summed E-state index contributed by atoms with van der Waals surface area (Å²) in [4.78, 5) is 0. The highest BCUT2D eigenvalue weighted by Crippen LogP contribution is 2.48. The van der Waals surface area contributed by atoms with E-state index in [2.05, 4.69) is 39.6 Å². The Balaban J connectivity index is 2.22. The summed E-state index contributed by atoms with van der Waals surface area (Å²) in [6.07, 6.45) is 6.20. The second-order valence-electron chi connectivity index (χ2n) is 8.09. The van der Waals surface area contributed by atoms with Crippen molar-refractivity contribution in [3.63, 3.8) is 0 Å². The summed E-state index contributed by atoms with van der Waals surface area (Å²) in [7, 11) is 3.61. The van der Waals surface area contributed by atoms with Gasteiger partial charge in [-0.15, -0.1) is 0 Å². The Morgan fingerprint density at radius 3 is 2.55 bits per heavy atom. The number of allylic oxidation sites excluding steroid dienone is 1. The quantitative estimate of drug-likeness (QED) is 0.426. The Hall–Kier alpha value is 0.200. The van der Waals surface area contributed by atoms with Crippen molar-refractivity contribution < 1.29 is 5.11 Å². The van der Waals surface area contributed by atoms with Crippen LogP contribution in [-0.4, -0.2) is 29.8 Å². The maximum Gasteiger partial charge on any atom is 0.0530 e. The molecule has 130 valence electrons. The molecule has 1 aliphatic rings. The average molecular weight is 346 g/mol. The van der Waals surface area contributed by atoms with Crippen molar-refractivity contribution in [1.29, 1.82) is 0 Å². The third-order valence-electron chi connectivity index (χ3n) is 4.38. The summed E-state index contributed by atoms with van der Waals surface area (Å²) in [5, 5.41) is 12.3. The normalized spacial score (nSPS) is 27.6. The van der Waals surface area contributed by atoms with Crippen LogP contribution in [-0.2, 0) is 0 Å². The molecular weight excluding hydrogens is 310 g/mol. The molecule has 0 saturated heterocycles. The van der Waals surface area contributed by atoms with Crippen LogP contribution in [0.2, 0.25) is 0 Å². The molecule has 2 nitrogen and oxygen atoms in total. The lowest BCUT2D eigenvalue weighted by Crippen LogP contribution is -2.41. The van der Waals surface area contributed by atoms with Crippen molar-refractivity contribution in [2.75, 3.05) is 24.7 Å². The summed E-state index contributed by atoms with van der Waals surface area (Å²) < 4.78 is 0. The Bertz CT molecular complexity index is 346. The molecule has 4 heteroatoms. The zero-order chi connectivity index (χ0) is 16.6. The van der Waals surface area contributed by atoms with E-state index in [0.717, 1.165) is 36.8 Å². The van der Waals surface area contributed by atoms with Crippen LogP contribution < -0.4 is 5.32 Å². The molecule has 0 aliphatic heterocycles. The van der Waals surface area contributed by atoms with E-state index >= 15 is 0 Å². The van der Waals surface area contributed by atoms with Gasteiger partial charge in [0, 0.05) is 23.7 Å². The molecule has 0 radical (unpaired) electrons. The van der Waals surface area contributed by atoms with E-state index in [4.69, 9.17) is 5.11 Å². The summed E-state index contributed by atoms with van der Waals surface area (Å²) in [6.45, 7) is 15.2. The number of hydrogen-bond donors (Lipinski definition) is 2. The molecule has 0 spiro atoms. The standard InChI is InChI=1S/C18H35NOS2/c1-15-11-17(3,4)13-18(5,12-15)14-19-16(2)7-6-9-21-22-10-8-20/h15,19-20H,2,6-14H2,1,3-5H3. The van der Waals surface area contributed by atoms with Crippen molar-refractivity contribution >= 4 is 21.6 Å². The van der Waals surface area contributed by atoms with E-state index in [0.29, 0.717) is 10.8 Å². The lowest BCUT2D eigenvalue weighted by atomic mass is 9.61. The molecular formula is C18H35NOS2. The second-order valence-corrected chi connectivity index (χ2v) is 10.8. The fourth-order valence-corrected chi connectivity index (χ4v) is 6.07. The Kier molecular flexibility index (Phi) is 8.73. The van der Waals surface area contributed by atoms with Gasteiger partial charge in [0.2, 0.25) is 0 Å². The van der Waals surface area contributed by atoms with E-state index in [1.54, 1.807) is 10.8 Å². The molecule has 0 heterocycles. The second kappa shape index (κ2) is 9.48. The van der Waals surface area contributed by atoms with Gasteiger partial charge >= 0.3 is 0 Å². The first-order valence-corrected chi connectivity index (χ1v) is 11.0. The fraction of sp³-hybridized carbons (Fsp3) is 0.889. The topological polar surface area (TPSA) is 32.3 Å². The molecule has 0 aromatic heterocycles. The molecule has 2 atom stereocenters. The van der Waals surface area contributed by atoms with E-state index in [1.165, 1.54) is 25.0 Å². The van der Waals surface area contributed by atoms with E-state index in [9.17, 15) is 0 Å². The first kappa shape index (κ1) is 20.2. The molecule has 0 amide bonds. The highest BCUT2D eigenvalue weighted by Gasteiger charge is 2.39. The summed E-state index contributed by atoms with van der Waals surface area (Å²) in [5.41, 5.74) is 2.05. The monoisotopic (exact) mass is 345 g/mol. The molecule has 22 heavy (non-hydrogen) atoms. The van der Waals surface area contributed by atoms with Gasteiger partial charge in [-0.2, -0.15) is 0 Å². The van der Waals surface area contributed by atoms with Gasteiger partial charge in [0.1, 0.15) is 0 Å². The fourth-order valence-electron chi connectivity index (χ4n) is 4.22. The predicted molar refractivity (Wildman–Crippen MR) is 103 cm³/mol. The Labute approximate surface area is 145 Å². The number of aliphatic hydroxyl groups excluding tert-OH is 1. The predicted octanol–water partition coefficient (Wildman–Crippen LogP) is 5.10. The smallest absolute Gasteiger partial charge is 0.0530 e. The molecule has 2 unspecified atom stereocenters. The molecule has 0 aromatic rings. The maximum atomic E-state index is 8.73. The van der Waals surface area contributed by atoms with E-state index in [1.807, 2.05) is 10.8 Å². The van der Waals surface area contributed by atoms with Gasteiger partial charge in [0.25, 0.3) is 0 Å². The lowest BCUT2D eigenvalue weighted by molar-refractivity contribution is 0.0625. The van der Waals surface area contributed by atoms with Gasteiger partial charge in [-0.1, -0.05) is 55.9 Å². The third kappa shape index (κ3) is 8.16. The number of hydrogen-bond acceptors (Lipinski definition) is 4. The minimum absolute atomic E-state index is 0.277. The van der Waals surface area contributed by atoms with Crippen LogP contribution in [0, 0.1) is 16.7 Å². The van der Waals surface area contributed by atoms with Crippen molar-refractivity contribution in [2.45, 2.75) is 59.8 Å². The van der Waals surface area contributed by atoms with Gasteiger partial charge in [-0.05, 0) is 48.9 Å². The Morgan fingerprint density at radius 1 is 1.23 bits per heavy atom. The van der Waals surface area contributed by atoms with Gasteiger partial charge < -0.3 is 10.4 Å². The van der Waals surface area contributed by atoms with Crippen molar-refractivity contribution in [2.24, 2.45) is 16.7 Å². The minimum Gasteiger partial charge on any atom is -0.395 e. The third-order valence-corrected chi connectivity index (χ3v) is 6.85. The van der Waals surface area contributed by atoms with Crippen LogP contribution in [0.25, 0.3) is 0 Å². The molecule has 1 saturated carbocycles. The van der Waals surface area contributed by atoms with Gasteiger partial charge in [-0.25, -0.2) is 0 Å². The minimum atomic E-state index is 0.277. The number of nitrogens with one attached hydrogen (secondary N) is 1. The molecule has 2 N–H and O–H groups in total. The average Bonchev–Trinajstić information content (AvgIpc) is 2.38. The highest BCUT2D eigenvalue weighted by atomic mass is 33.1. The van der Waals surface area contributed by atoms with E-state index < -0.39 is 0 Å². The van der Waals surface area contributed by atoms with Crippen LogP contribution in [0.1, 0.15) is 59.8 Å². The van der Waals surface area contributed by atoms with Crippen LogP contribution in [0.4, 0.5) is 0 Å². The molecule has 1 rings (SSSR count). The highest BCUT2D eigenvalue weighted by molar-refractivity contribution is 8.76. The first-order chi connectivity index (χ1) is 10.3. The SMILES string of the molecule is C=C(CCCSSCCO)NCC1(C)CC(C)CC(C)(C)C1. The lowest BCUT2D eigenvalue weighted by Gasteiger charge is -2.46. The van der Waals surface area contributed by atoms with Crippen molar-refractivity contribution in [3.05, 3.63) is 12.3 Å². The molecule has 0 bridgehead atoms. The van der Waals surface area contributed by atoms with Gasteiger partial charge in [0.15, 0.2) is 0 Å². The zero-order valence-electron chi connectivity index (χ0n) is 14.9. The molecule has 1 aliphatic carbocycles. The summed E-state index contributed by atoms with van der Waals surface area (Å²) >= 11 is 0. The van der Waals surface area contributed by atoms with E-state index in [-0.39, 0.29) is 6.61 Å². The van der Waals surface area contributed by atoms with Gasteiger partial charge in [-0.3, -0.25) is 0 Å². The Morgan fingerprint density at radius 2 is 1.91 bits per heavy atom. The van der Waals surface area contributed by atoms with Crippen LogP contribution in [0.5, 0.6) is 0 Å². The number of rotatable bonds is 10. The molecule has 0 aromatic carbocycles. The van der Waals surface area contributed by atoms with Crippen molar-refractivity contribution in [1.82, 2.24) is 5.32 Å². The van der Waals surface area contributed by atoms with Crippen LogP contribution in [0.3, 0.4) is 0 Å². The largest absolute Gasteiger partial charge is 0.395 e. The van der Waals surface area contributed by atoms with Crippen LogP contribution >= 0.6 is 21.6 Å². The van der Waals surface area contributed by atoms with Crippen LogP contribution in [0.15, 0.2) is 12.3 Å². The first-order valence-electron chi connectivity index (χ1n) is 8.53. The number of aliphatic hydroxyl groups is 1. The molecule has 1 fully saturated rings. The summed E-state index contributed by atoms with van der Waals surface area (Å²) in [6, 6.07) is 0.